The second-order valence-electron chi connectivity index (χ2n) is 5.59. The molecule has 3 aromatic rings. The maximum Gasteiger partial charge on any atom is 1.00 e. The predicted molar refractivity (Wildman–Crippen MR) is 86.8 cm³/mol. The number of carboxylic acid groups (broad SMARTS) is 1. The van der Waals surface area contributed by atoms with Gasteiger partial charge in [-0.25, -0.2) is 4.98 Å². The summed E-state index contributed by atoms with van der Waals surface area (Å²) in [5.74, 6) is -0.752. The Bertz CT molecular complexity index is 857. The molecule has 114 valence electrons. The molecule has 7 heteroatoms. The number of nitrogens with zero attached hydrogens (tertiary/aromatic N) is 2. The summed E-state index contributed by atoms with van der Waals surface area (Å²) < 4.78 is 1.92. The molecule has 0 radical (unpaired) electrons. The standard InChI is InChI=1S/C16H15ClN2O2S.Na/c1-9(2)5-10-7-19(14-4-3-11(17)6-12(10)14)16-18-13(8-22-16)15(20)21;/h3-4,6-9H,5H2,1-2H3,(H,20,21);/q;+1/p-1. The van der Waals surface area contributed by atoms with E-state index in [1.807, 2.05) is 29.0 Å². The van der Waals surface area contributed by atoms with E-state index in [-0.39, 0.29) is 35.3 Å². The first-order valence-electron chi connectivity index (χ1n) is 6.92. The molecule has 0 aliphatic rings. The van der Waals surface area contributed by atoms with Gasteiger partial charge in [-0.3, -0.25) is 4.57 Å². The van der Waals surface area contributed by atoms with Crippen molar-refractivity contribution >= 4 is 39.8 Å². The third-order valence-electron chi connectivity index (χ3n) is 3.38. The number of carboxylic acids is 1. The Labute approximate surface area is 165 Å². The minimum absolute atomic E-state index is 0. The van der Waals surface area contributed by atoms with Gasteiger partial charge in [0.2, 0.25) is 0 Å². The Kier molecular flexibility index (Phi) is 5.92. The number of hydrogen-bond acceptors (Lipinski definition) is 4. The van der Waals surface area contributed by atoms with Gasteiger partial charge >= 0.3 is 29.6 Å². The van der Waals surface area contributed by atoms with Crippen molar-refractivity contribution < 1.29 is 39.5 Å². The summed E-state index contributed by atoms with van der Waals surface area (Å²) in [5, 5.41) is 14.8. The summed E-state index contributed by atoms with van der Waals surface area (Å²) in [6.45, 7) is 4.32. The number of rotatable bonds is 4. The predicted octanol–water partition coefficient (Wildman–Crippen LogP) is 0.306. The summed E-state index contributed by atoms with van der Waals surface area (Å²) in [4.78, 5) is 15.0. The molecule has 0 saturated carbocycles. The fraction of sp³-hybridized carbons (Fsp3) is 0.250. The van der Waals surface area contributed by atoms with E-state index < -0.39 is 5.97 Å². The van der Waals surface area contributed by atoms with Crippen LogP contribution in [0.3, 0.4) is 0 Å². The van der Waals surface area contributed by atoms with Crippen molar-refractivity contribution in [3.05, 3.63) is 46.1 Å². The van der Waals surface area contributed by atoms with Crippen LogP contribution in [0.2, 0.25) is 5.02 Å². The Balaban J connectivity index is 0.00000192. The topological polar surface area (TPSA) is 58.0 Å². The van der Waals surface area contributed by atoms with Gasteiger partial charge in [0.25, 0.3) is 0 Å². The number of aromatic nitrogens is 2. The molecule has 0 atom stereocenters. The van der Waals surface area contributed by atoms with Gasteiger partial charge in [-0.15, -0.1) is 11.3 Å². The van der Waals surface area contributed by atoms with Gasteiger partial charge in [0.05, 0.1) is 17.2 Å². The number of thiazole rings is 1. The molecular formula is C16H14ClN2NaO2S. The zero-order chi connectivity index (χ0) is 15.9. The summed E-state index contributed by atoms with van der Waals surface area (Å²) in [6.07, 6.45) is 2.93. The summed E-state index contributed by atoms with van der Waals surface area (Å²) in [6, 6.07) is 5.70. The van der Waals surface area contributed by atoms with E-state index in [2.05, 4.69) is 18.8 Å². The molecule has 0 aliphatic heterocycles. The third kappa shape index (κ3) is 3.80. The fourth-order valence-corrected chi connectivity index (χ4v) is 3.45. The van der Waals surface area contributed by atoms with E-state index >= 15 is 0 Å². The maximum absolute atomic E-state index is 10.9. The molecule has 3 rings (SSSR count). The van der Waals surface area contributed by atoms with E-state index in [9.17, 15) is 9.90 Å². The average molecular weight is 357 g/mol. The minimum Gasteiger partial charge on any atom is -0.543 e. The molecule has 0 bridgehead atoms. The number of carbonyl (C=O) groups excluding carboxylic acids is 1. The van der Waals surface area contributed by atoms with Crippen molar-refractivity contribution in [2.75, 3.05) is 0 Å². The SMILES string of the molecule is CC(C)Cc1cn(-c2nc(C(=O)[O-])cs2)c2ccc(Cl)cc12.[Na+]. The van der Waals surface area contributed by atoms with Gasteiger partial charge in [0, 0.05) is 22.0 Å². The molecule has 4 nitrogen and oxygen atoms in total. The number of carbonyl (C=O) groups is 1. The Morgan fingerprint density at radius 3 is 2.78 bits per heavy atom. The van der Waals surface area contributed by atoms with Crippen LogP contribution >= 0.6 is 22.9 Å². The molecule has 0 aliphatic carbocycles. The number of aromatic carboxylic acids is 1. The van der Waals surface area contributed by atoms with E-state index in [0.29, 0.717) is 16.1 Å². The van der Waals surface area contributed by atoms with Crippen LogP contribution in [0.1, 0.15) is 29.9 Å². The summed E-state index contributed by atoms with van der Waals surface area (Å²) >= 11 is 7.40. The number of halogens is 1. The molecule has 2 heterocycles. The minimum atomic E-state index is -1.26. The van der Waals surface area contributed by atoms with E-state index in [1.54, 1.807) is 0 Å². The van der Waals surface area contributed by atoms with Crippen LogP contribution in [0.5, 0.6) is 0 Å². The van der Waals surface area contributed by atoms with Crippen LogP contribution in [0, 0.1) is 5.92 Å². The number of hydrogen-bond donors (Lipinski definition) is 0. The van der Waals surface area contributed by atoms with Crippen LogP contribution < -0.4 is 34.7 Å². The van der Waals surface area contributed by atoms with Crippen molar-refractivity contribution in [2.45, 2.75) is 20.3 Å². The van der Waals surface area contributed by atoms with Gasteiger partial charge in [-0.05, 0) is 36.1 Å². The van der Waals surface area contributed by atoms with Crippen molar-refractivity contribution in [2.24, 2.45) is 5.92 Å². The first-order valence-corrected chi connectivity index (χ1v) is 8.18. The molecule has 0 N–H and O–H groups in total. The zero-order valence-corrected chi connectivity index (χ0v) is 16.7. The first kappa shape index (κ1) is 18.5. The van der Waals surface area contributed by atoms with Crippen LogP contribution in [-0.4, -0.2) is 15.5 Å². The molecule has 0 unspecified atom stereocenters. The molecule has 2 aromatic heterocycles. The van der Waals surface area contributed by atoms with Crippen LogP contribution in [-0.2, 0) is 6.42 Å². The van der Waals surface area contributed by atoms with Gasteiger partial charge in [-0.2, -0.15) is 0 Å². The summed E-state index contributed by atoms with van der Waals surface area (Å²) in [7, 11) is 0. The van der Waals surface area contributed by atoms with Crippen molar-refractivity contribution in [1.82, 2.24) is 9.55 Å². The van der Waals surface area contributed by atoms with Gasteiger partial charge in [-0.1, -0.05) is 25.4 Å². The number of fused-ring (bicyclic) bond motifs is 1. The smallest absolute Gasteiger partial charge is 0.543 e. The zero-order valence-electron chi connectivity index (χ0n) is 13.2. The Morgan fingerprint density at radius 2 is 2.17 bits per heavy atom. The van der Waals surface area contributed by atoms with Gasteiger partial charge < -0.3 is 9.90 Å². The fourth-order valence-electron chi connectivity index (χ4n) is 2.50. The second kappa shape index (κ2) is 7.36. The van der Waals surface area contributed by atoms with Crippen molar-refractivity contribution in [3.8, 4) is 5.13 Å². The van der Waals surface area contributed by atoms with Gasteiger partial charge in [0.15, 0.2) is 5.13 Å². The molecule has 0 amide bonds. The number of benzene rings is 1. The molecule has 23 heavy (non-hydrogen) atoms. The molecule has 1 aromatic carbocycles. The van der Waals surface area contributed by atoms with Crippen molar-refractivity contribution in [3.63, 3.8) is 0 Å². The molecule has 0 spiro atoms. The van der Waals surface area contributed by atoms with Crippen LogP contribution in [0.15, 0.2) is 29.8 Å². The van der Waals surface area contributed by atoms with Crippen molar-refractivity contribution in [1.29, 1.82) is 0 Å². The monoisotopic (exact) mass is 356 g/mol. The van der Waals surface area contributed by atoms with Gasteiger partial charge in [0.1, 0.15) is 0 Å². The quantitative estimate of drug-likeness (QED) is 0.632. The summed E-state index contributed by atoms with van der Waals surface area (Å²) in [5.41, 5.74) is 2.11. The Hall–Kier alpha value is -0.850. The molecule has 0 saturated heterocycles. The van der Waals surface area contributed by atoms with E-state index in [1.165, 1.54) is 22.3 Å². The maximum atomic E-state index is 10.9. The van der Waals surface area contributed by atoms with Crippen LogP contribution in [0.4, 0.5) is 0 Å². The Morgan fingerprint density at radius 1 is 1.43 bits per heavy atom. The van der Waals surface area contributed by atoms with Crippen LogP contribution in [0.25, 0.3) is 16.0 Å². The first-order chi connectivity index (χ1) is 10.5. The van der Waals surface area contributed by atoms with E-state index in [0.717, 1.165) is 17.3 Å². The second-order valence-corrected chi connectivity index (χ2v) is 6.86. The normalized spacial score (nSPS) is 11.0. The third-order valence-corrected chi connectivity index (χ3v) is 4.46. The average Bonchev–Trinajstić information content (AvgIpc) is 3.03. The largest absolute Gasteiger partial charge is 1.00 e. The molecular weight excluding hydrogens is 343 g/mol. The van der Waals surface area contributed by atoms with E-state index in [4.69, 9.17) is 11.6 Å². The molecule has 0 fully saturated rings.